The van der Waals surface area contributed by atoms with Gasteiger partial charge < -0.3 is 10.2 Å². The van der Waals surface area contributed by atoms with Crippen LogP contribution in [0.25, 0.3) is 0 Å². The summed E-state index contributed by atoms with van der Waals surface area (Å²) in [5.41, 5.74) is 7.45. The first-order chi connectivity index (χ1) is 8.25. The number of benzene rings is 1. The summed E-state index contributed by atoms with van der Waals surface area (Å²) >= 11 is 0. The average Bonchev–Trinajstić information content (AvgIpc) is 2.77. The fourth-order valence-electron chi connectivity index (χ4n) is 1.97. The molecule has 90 valence electrons. The van der Waals surface area contributed by atoms with Gasteiger partial charge in [-0.05, 0) is 43.9 Å². The highest BCUT2D eigenvalue weighted by Crippen LogP contribution is 2.19. The summed E-state index contributed by atoms with van der Waals surface area (Å²) < 4.78 is 5.52. The first kappa shape index (κ1) is 11.9. The molecule has 0 aliphatic carbocycles. The Labute approximate surface area is 102 Å². The second-order valence-corrected chi connectivity index (χ2v) is 4.43. The molecule has 1 aromatic heterocycles. The molecule has 0 bridgehead atoms. The molecular formula is C15H19NO. The minimum absolute atomic E-state index is 0.0208. The van der Waals surface area contributed by atoms with Crippen molar-refractivity contribution in [1.29, 1.82) is 0 Å². The van der Waals surface area contributed by atoms with E-state index >= 15 is 0 Å². The highest BCUT2D eigenvalue weighted by atomic mass is 16.3. The lowest BCUT2D eigenvalue weighted by Gasteiger charge is -2.08. The van der Waals surface area contributed by atoms with Crippen LogP contribution in [0.4, 0.5) is 0 Å². The zero-order valence-corrected chi connectivity index (χ0v) is 10.2. The number of hydrogen-bond acceptors (Lipinski definition) is 2. The van der Waals surface area contributed by atoms with Crippen molar-refractivity contribution in [3.05, 3.63) is 59.5 Å². The third kappa shape index (κ3) is 3.46. The van der Waals surface area contributed by atoms with Crippen molar-refractivity contribution in [1.82, 2.24) is 0 Å². The van der Waals surface area contributed by atoms with Gasteiger partial charge in [0.25, 0.3) is 0 Å². The molecule has 0 fully saturated rings. The van der Waals surface area contributed by atoms with Gasteiger partial charge in [0, 0.05) is 0 Å². The minimum Gasteiger partial charge on any atom is -0.465 e. The molecule has 1 unspecified atom stereocenters. The fourth-order valence-corrected chi connectivity index (χ4v) is 1.97. The van der Waals surface area contributed by atoms with Crippen LogP contribution in [-0.4, -0.2) is 0 Å². The van der Waals surface area contributed by atoms with E-state index in [-0.39, 0.29) is 6.04 Å². The summed E-state index contributed by atoms with van der Waals surface area (Å²) in [6, 6.07) is 14.5. The van der Waals surface area contributed by atoms with Gasteiger partial charge in [-0.1, -0.05) is 30.3 Å². The van der Waals surface area contributed by atoms with Crippen LogP contribution in [0.2, 0.25) is 0 Å². The molecule has 0 aliphatic heterocycles. The number of rotatable bonds is 5. The average molecular weight is 229 g/mol. The van der Waals surface area contributed by atoms with Crippen LogP contribution in [0.1, 0.15) is 36.0 Å². The second kappa shape index (κ2) is 5.69. The molecule has 0 aliphatic rings. The van der Waals surface area contributed by atoms with E-state index in [1.165, 1.54) is 5.56 Å². The Bertz CT molecular complexity index is 447. The number of aryl methyl sites for hydroxylation is 2. The molecule has 1 atom stereocenters. The SMILES string of the molecule is Cc1ccc(C(N)CCCc2ccccc2)o1. The molecule has 0 amide bonds. The van der Waals surface area contributed by atoms with Crippen LogP contribution < -0.4 is 5.73 Å². The van der Waals surface area contributed by atoms with Crippen molar-refractivity contribution < 1.29 is 4.42 Å². The summed E-state index contributed by atoms with van der Waals surface area (Å²) in [6.07, 6.45) is 3.13. The van der Waals surface area contributed by atoms with E-state index in [1.807, 2.05) is 25.1 Å². The number of hydrogen-bond donors (Lipinski definition) is 1. The number of furan rings is 1. The summed E-state index contributed by atoms with van der Waals surface area (Å²) in [6.45, 7) is 1.94. The van der Waals surface area contributed by atoms with Gasteiger partial charge in [-0.2, -0.15) is 0 Å². The molecule has 2 nitrogen and oxygen atoms in total. The zero-order chi connectivity index (χ0) is 12.1. The molecule has 1 aromatic carbocycles. The Morgan fingerprint density at radius 2 is 1.88 bits per heavy atom. The van der Waals surface area contributed by atoms with E-state index in [0.29, 0.717) is 0 Å². The van der Waals surface area contributed by atoms with Gasteiger partial charge in [-0.15, -0.1) is 0 Å². The summed E-state index contributed by atoms with van der Waals surface area (Å²) in [7, 11) is 0. The smallest absolute Gasteiger partial charge is 0.120 e. The second-order valence-electron chi connectivity index (χ2n) is 4.43. The third-order valence-electron chi connectivity index (χ3n) is 2.95. The van der Waals surface area contributed by atoms with Crippen LogP contribution >= 0.6 is 0 Å². The zero-order valence-electron chi connectivity index (χ0n) is 10.2. The molecule has 0 saturated heterocycles. The Hall–Kier alpha value is -1.54. The predicted octanol–water partition coefficient (Wildman–Crippen LogP) is 3.61. The maximum absolute atomic E-state index is 6.08. The van der Waals surface area contributed by atoms with Gasteiger partial charge in [-0.25, -0.2) is 0 Å². The lowest BCUT2D eigenvalue weighted by Crippen LogP contribution is -2.09. The van der Waals surface area contributed by atoms with Gasteiger partial charge in [-0.3, -0.25) is 0 Å². The third-order valence-corrected chi connectivity index (χ3v) is 2.95. The summed E-state index contributed by atoms with van der Waals surface area (Å²) in [5, 5.41) is 0. The largest absolute Gasteiger partial charge is 0.465 e. The van der Waals surface area contributed by atoms with E-state index < -0.39 is 0 Å². The first-order valence-corrected chi connectivity index (χ1v) is 6.11. The standard InChI is InChI=1S/C15H19NO/c1-12-10-11-15(17-12)14(16)9-5-8-13-6-3-2-4-7-13/h2-4,6-7,10-11,14H,5,8-9,16H2,1H3. The molecule has 1 heterocycles. The van der Waals surface area contributed by atoms with Crippen molar-refractivity contribution in [3.63, 3.8) is 0 Å². The minimum atomic E-state index is 0.0208. The Morgan fingerprint density at radius 3 is 2.53 bits per heavy atom. The fraction of sp³-hybridized carbons (Fsp3) is 0.333. The van der Waals surface area contributed by atoms with Crippen molar-refractivity contribution in [2.75, 3.05) is 0 Å². The Balaban J connectivity index is 1.79. The van der Waals surface area contributed by atoms with Crippen LogP contribution in [0, 0.1) is 6.92 Å². The predicted molar refractivity (Wildman–Crippen MR) is 69.8 cm³/mol. The van der Waals surface area contributed by atoms with Gasteiger partial charge in [0.05, 0.1) is 6.04 Å². The van der Waals surface area contributed by atoms with Gasteiger partial charge in [0.15, 0.2) is 0 Å². The molecular weight excluding hydrogens is 210 g/mol. The molecule has 0 spiro atoms. The molecule has 2 rings (SSSR count). The maximum atomic E-state index is 6.08. The van der Waals surface area contributed by atoms with Crippen LogP contribution in [-0.2, 0) is 6.42 Å². The van der Waals surface area contributed by atoms with Gasteiger partial charge in [0.2, 0.25) is 0 Å². The normalized spacial score (nSPS) is 12.6. The molecule has 0 saturated carbocycles. The molecule has 17 heavy (non-hydrogen) atoms. The van der Waals surface area contributed by atoms with E-state index in [0.717, 1.165) is 30.8 Å². The summed E-state index contributed by atoms with van der Waals surface area (Å²) in [5.74, 6) is 1.83. The molecule has 2 aromatic rings. The maximum Gasteiger partial charge on any atom is 0.120 e. The van der Waals surface area contributed by atoms with Gasteiger partial charge >= 0.3 is 0 Å². The lowest BCUT2D eigenvalue weighted by molar-refractivity contribution is 0.429. The van der Waals surface area contributed by atoms with Crippen LogP contribution in [0.5, 0.6) is 0 Å². The highest BCUT2D eigenvalue weighted by molar-refractivity contribution is 5.15. The van der Waals surface area contributed by atoms with Crippen molar-refractivity contribution in [2.45, 2.75) is 32.2 Å². The quantitative estimate of drug-likeness (QED) is 0.850. The lowest BCUT2D eigenvalue weighted by atomic mass is 10.0. The summed E-state index contributed by atoms with van der Waals surface area (Å²) in [4.78, 5) is 0. The Morgan fingerprint density at radius 1 is 1.12 bits per heavy atom. The molecule has 2 heteroatoms. The van der Waals surface area contributed by atoms with E-state index in [2.05, 4.69) is 24.3 Å². The highest BCUT2D eigenvalue weighted by Gasteiger charge is 2.09. The first-order valence-electron chi connectivity index (χ1n) is 6.11. The van der Waals surface area contributed by atoms with E-state index in [1.54, 1.807) is 0 Å². The van der Waals surface area contributed by atoms with Crippen molar-refractivity contribution in [2.24, 2.45) is 5.73 Å². The van der Waals surface area contributed by atoms with Crippen LogP contribution in [0.3, 0.4) is 0 Å². The van der Waals surface area contributed by atoms with Crippen molar-refractivity contribution >= 4 is 0 Å². The monoisotopic (exact) mass is 229 g/mol. The van der Waals surface area contributed by atoms with Crippen molar-refractivity contribution in [3.8, 4) is 0 Å². The van der Waals surface area contributed by atoms with Gasteiger partial charge in [0.1, 0.15) is 11.5 Å². The van der Waals surface area contributed by atoms with Crippen LogP contribution in [0.15, 0.2) is 46.9 Å². The molecule has 0 radical (unpaired) electrons. The van der Waals surface area contributed by atoms with E-state index in [4.69, 9.17) is 10.2 Å². The molecule has 2 N–H and O–H groups in total. The Kier molecular flexibility index (Phi) is 3.99. The number of nitrogens with two attached hydrogens (primary N) is 1. The van der Waals surface area contributed by atoms with E-state index in [9.17, 15) is 0 Å². The topological polar surface area (TPSA) is 39.2 Å².